The van der Waals surface area contributed by atoms with Crippen LogP contribution in [-0.2, 0) is 9.53 Å². The van der Waals surface area contributed by atoms with Gasteiger partial charge in [-0.25, -0.2) is 0 Å². The molecule has 1 aliphatic rings. The summed E-state index contributed by atoms with van der Waals surface area (Å²) in [4.78, 5) is 18.5. The summed E-state index contributed by atoms with van der Waals surface area (Å²) in [5.41, 5.74) is 3.65. The number of nitrogens with zero attached hydrogens (tertiary/aromatic N) is 2. The third-order valence-electron chi connectivity index (χ3n) is 10.0. The van der Waals surface area contributed by atoms with Crippen molar-refractivity contribution in [2.45, 2.75) is 124 Å². The fourth-order valence-corrected chi connectivity index (χ4v) is 7.05. The quantitative estimate of drug-likeness (QED) is 0.190. The van der Waals surface area contributed by atoms with Gasteiger partial charge in [-0.15, -0.1) is 0 Å². The minimum Gasteiger partial charge on any atom is -0.378 e. The number of allylic oxidation sites excluding steroid dienone is 2. The van der Waals surface area contributed by atoms with E-state index in [-0.39, 0.29) is 35.9 Å². The summed E-state index contributed by atoms with van der Waals surface area (Å²) in [5, 5.41) is 3.30. The molecule has 1 aromatic rings. The molecule has 0 bridgehead atoms. The lowest BCUT2D eigenvalue weighted by Gasteiger charge is -2.43. The first-order chi connectivity index (χ1) is 19.9. The largest absolute Gasteiger partial charge is 0.378 e. The summed E-state index contributed by atoms with van der Waals surface area (Å²) >= 11 is 0. The number of rotatable bonds is 18. The van der Waals surface area contributed by atoms with Gasteiger partial charge in [-0.2, -0.15) is 0 Å². The zero-order valence-corrected chi connectivity index (χ0v) is 28.7. The number of amides is 1. The number of benzene rings is 1. The van der Waals surface area contributed by atoms with Crippen LogP contribution in [0.2, 0.25) is 0 Å². The first-order valence-electron chi connectivity index (χ1n) is 16.6. The Morgan fingerprint density at radius 2 is 1.69 bits per heavy atom. The number of methoxy groups -OCH3 is 1. The standard InChI is InChI=1S/C37H63N3O2/c1-13-26(5)35(39(11)27(6)23-25(3)4)32(14-2)24-28(7)40-22-18-21-34(40)36(42-12)30(9)37(41)38-31(10)29(8)33-19-16-15-17-20-33/h15-17,19-20,25-26,29-32,34-36H,6-7,13-14,18,21-24H2,1-5,8-12H3,(H,38,41). The van der Waals surface area contributed by atoms with E-state index in [1.54, 1.807) is 7.11 Å². The lowest BCUT2D eigenvalue weighted by molar-refractivity contribution is -0.131. The van der Waals surface area contributed by atoms with Crippen LogP contribution in [0.4, 0.5) is 0 Å². The highest BCUT2D eigenvalue weighted by Gasteiger charge is 2.39. The van der Waals surface area contributed by atoms with Gasteiger partial charge < -0.3 is 19.9 Å². The summed E-state index contributed by atoms with van der Waals surface area (Å²) in [6, 6.07) is 11.0. The molecule has 1 aromatic carbocycles. The first-order valence-corrected chi connectivity index (χ1v) is 16.6. The van der Waals surface area contributed by atoms with Crippen molar-refractivity contribution in [1.82, 2.24) is 15.1 Å². The molecule has 1 N–H and O–H groups in total. The predicted octanol–water partition coefficient (Wildman–Crippen LogP) is 8.25. The molecule has 1 saturated heterocycles. The second kappa shape index (κ2) is 17.1. The van der Waals surface area contributed by atoms with Crippen molar-refractivity contribution >= 4 is 5.91 Å². The maximum absolute atomic E-state index is 13.5. The van der Waals surface area contributed by atoms with Crippen molar-refractivity contribution in [3.63, 3.8) is 0 Å². The van der Waals surface area contributed by atoms with Gasteiger partial charge in [0.15, 0.2) is 0 Å². The van der Waals surface area contributed by atoms with Gasteiger partial charge in [0.05, 0.1) is 18.1 Å². The van der Waals surface area contributed by atoms with Crippen LogP contribution < -0.4 is 5.32 Å². The number of nitrogens with one attached hydrogen (secondary N) is 1. The molecule has 1 fully saturated rings. The Hall–Kier alpha value is -2.27. The topological polar surface area (TPSA) is 44.8 Å². The summed E-state index contributed by atoms with van der Waals surface area (Å²) in [6.45, 7) is 27.9. The van der Waals surface area contributed by atoms with Gasteiger partial charge in [-0.3, -0.25) is 4.79 Å². The van der Waals surface area contributed by atoms with E-state index in [9.17, 15) is 4.79 Å². The monoisotopic (exact) mass is 581 g/mol. The van der Waals surface area contributed by atoms with Crippen LogP contribution in [0.5, 0.6) is 0 Å². The minimum absolute atomic E-state index is 0.0275. The number of likely N-dealkylation sites (tertiary alicyclic amines) is 1. The Labute approximate surface area is 259 Å². The van der Waals surface area contributed by atoms with E-state index < -0.39 is 0 Å². The number of carbonyl (C=O) groups excluding carboxylic acids is 1. The molecule has 0 radical (unpaired) electrons. The Balaban J connectivity index is 2.15. The highest BCUT2D eigenvalue weighted by Crippen LogP contribution is 2.36. The molecule has 1 heterocycles. The van der Waals surface area contributed by atoms with Crippen molar-refractivity contribution in [2.24, 2.45) is 23.7 Å². The van der Waals surface area contributed by atoms with Crippen molar-refractivity contribution in [1.29, 1.82) is 0 Å². The van der Waals surface area contributed by atoms with E-state index in [4.69, 9.17) is 4.74 Å². The molecule has 42 heavy (non-hydrogen) atoms. The van der Waals surface area contributed by atoms with Gasteiger partial charge in [0, 0.05) is 50.1 Å². The Morgan fingerprint density at radius 1 is 1.05 bits per heavy atom. The maximum Gasteiger partial charge on any atom is 0.225 e. The molecule has 8 atom stereocenters. The van der Waals surface area contributed by atoms with Crippen LogP contribution in [-0.4, -0.2) is 60.6 Å². The molecule has 0 spiro atoms. The highest BCUT2D eigenvalue weighted by atomic mass is 16.5. The molecular weight excluding hydrogens is 518 g/mol. The zero-order valence-electron chi connectivity index (χ0n) is 28.7. The summed E-state index contributed by atoms with van der Waals surface area (Å²) in [7, 11) is 4.00. The van der Waals surface area contributed by atoms with E-state index in [0.717, 1.165) is 45.1 Å². The Kier molecular flexibility index (Phi) is 14.7. The van der Waals surface area contributed by atoms with Gasteiger partial charge in [-0.1, -0.05) is 105 Å². The molecule has 0 aliphatic carbocycles. The van der Waals surface area contributed by atoms with Crippen LogP contribution >= 0.6 is 0 Å². The maximum atomic E-state index is 13.5. The molecule has 0 aromatic heterocycles. The summed E-state index contributed by atoms with van der Waals surface area (Å²) in [6.07, 6.45) is 6.12. The summed E-state index contributed by atoms with van der Waals surface area (Å²) < 4.78 is 6.10. The smallest absolute Gasteiger partial charge is 0.225 e. The molecule has 1 amide bonds. The average Bonchev–Trinajstić information content (AvgIpc) is 3.46. The van der Waals surface area contributed by atoms with Gasteiger partial charge >= 0.3 is 0 Å². The third-order valence-corrected chi connectivity index (χ3v) is 10.0. The van der Waals surface area contributed by atoms with Gasteiger partial charge in [-0.05, 0) is 55.9 Å². The molecule has 0 saturated carbocycles. The first kappa shape index (κ1) is 35.9. The van der Waals surface area contributed by atoms with Crippen molar-refractivity contribution < 1.29 is 9.53 Å². The second-order valence-electron chi connectivity index (χ2n) is 13.5. The SMILES string of the molecule is C=C(CC(C)C)N(C)C(C(C)CC)C(CC)CC(=C)N1CCCC1C(OC)C(C)C(=O)NC(C)C(C)c1ccccc1. The molecule has 5 heteroatoms. The molecule has 5 nitrogen and oxygen atoms in total. The van der Waals surface area contributed by atoms with Crippen LogP contribution in [0.3, 0.4) is 0 Å². The summed E-state index contributed by atoms with van der Waals surface area (Å²) in [5.74, 6) is 1.65. The number of hydrogen-bond donors (Lipinski definition) is 1. The lowest BCUT2D eigenvalue weighted by atomic mass is 9.81. The highest BCUT2D eigenvalue weighted by molar-refractivity contribution is 5.79. The number of ether oxygens (including phenoxy) is 1. The van der Waals surface area contributed by atoms with Crippen molar-refractivity contribution in [2.75, 3.05) is 20.7 Å². The fraction of sp³-hybridized carbons (Fsp3) is 0.703. The van der Waals surface area contributed by atoms with Crippen LogP contribution in [0.25, 0.3) is 0 Å². The van der Waals surface area contributed by atoms with Crippen molar-refractivity contribution in [3.05, 3.63) is 60.4 Å². The van der Waals surface area contributed by atoms with E-state index in [1.165, 1.54) is 17.0 Å². The van der Waals surface area contributed by atoms with Gasteiger partial charge in [0.25, 0.3) is 0 Å². The second-order valence-corrected chi connectivity index (χ2v) is 13.5. The van der Waals surface area contributed by atoms with Gasteiger partial charge in [0.1, 0.15) is 0 Å². The molecular formula is C37H63N3O2. The van der Waals surface area contributed by atoms with Crippen LogP contribution in [0.15, 0.2) is 54.9 Å². The van der Waals surface area contributed by atoms with Crippen LogP contribution in [0, 0.1) is 23.7 Å². The lowest BCUT2D eigenvalue weighted by Crippen LogP contribution is -2.50. The fourth-order valence-electron chi connectivity index (χ4n) is 7.05. The molecule has 238 valence electrons. The normalized spacial score (nSPS) is 20.4. The van der Waals surface area contributed by atoms with E-state index in [2.05, 4.69) is 108 Å². The number of carbonyl (C=O) groups is 1. The molecule has 1 aliphatic heterocycles. The Bertz CT molecular complexity index is 976. The predicted molar refractivity (Wildman–Crippen MR) is 179 cm³/mol. The van der Waals surface area contributed by atoms with Crippen LogP contribution in [0.1, 0.15) is 105 Å². The molecule has 2 rings (SSSR count). The Morgan fingerprint density at radius 3 is 2.24 bits per heavy atom. The zero-order chi connectivity index (χ0) is 31.6. The van der Waals surface area contributed by atoms with E-state index in [0.29, 0.717) is 23.8 Å². The third kappa shape index (κ3) is 9.36. The van der Waals surface area contributed by atoms with E-state index >= 15 is 0 Å². The average molecular weight is 582 g/mol. The van der Waals surface area contributed by atoms with E-state index in [1.807, 2.05) is 13.0 Å². The van der Waals surface area contributed by atoms with Gasteiger partial charge in [0.2, 0.25) is 5.91 Å². The number of hydrogen-bond acceptors (Lipinski definition) is 4. The molecule has 8 unspecified atom stereocenters. The van der Waals surface area contributed by atoms with Crippen molar-refractivity contribution in [3.8, 4) is 0 Å². The minimum atomic E-state index is -0.265.